The zero-order chi connectivity index (χ0) is 17.2. The Morgan fingerprint density at radius 1 is 1.39 bits per heavy atom. The van der Waals surface area contributed by atoms with Crippen LogP contribution < -0.4 is 4.90 Å². The molecule has 0 spiro atoms. The number of carbonyl (C=O) groups is 1. The van der Waals surface area contributed by atoms with Crippen molar-refractivity contribution in [2.24, 2.45) is 0 Å². The summed E-state index contributed by atoms with van der Waals surface area (Å²) >= 11 is 6.18. The Morgan fingerprint density at radius 3 is 2.70 bits per heavy atom. The molecule has 0 aliphatic carbocycles. The van der Waals surface area contributed by atoms with Crippen molar-refractivity contribution in [3.8, 4) is 0 Å². The van der Waals surface area contributed by atoms with Gasteiger partial charge in [0.1, 0.15) is 6.04 Å². The number of ether oxygens (including phenoxy) is 1. The molecule has 1 aliphatic heterocycles. The van der Waals surface area contributed by atoms with E-state index in [-0.39, 0.29) is 17.6 Å². The van der Waals surface area contributed by atoms with Crippen molar-refractivity contribution in [3.05, 3.63) is 34.9 Å². The second-order valence-electron chi connectivity index (χ2n) is 6.69. The van der Waals surface area contributed by atoms with E-state index >= 15 is 0 Å². The Hall–Kier alpha value is -1.48. The molecule has 3 nitrogen and oxygen atoms in total. The summed E-state index contributed by atoms with van der Waals surface area (Å²) in [6.45, 7) is 8.49. The third kappa shape index (κ3) is 3.55. The molecule has 0 amide bonds. The Balaban J connectivity index is 2.55. The molecule has 1 heterocycles. The van der Waals surface area contributed by atoms with Crippen LogP contribution in [0.4, 0.5) is 5.69 Å². The number of halogens is 1. The van der Waals surface area contributed by atoms with E-state index in [1.807, 2.05) is 18.2 Å². The van der Waals surface area contributed by atoms with Crippen LogP contribution in [0.2, 0.25) is 5.02 Å². The van der Waals surface area contributed by atoms with E-state index in [2.05, 4.69) is 38.7 Å². The van der Waals surface area contributed by atoms with Gasteiger partial charge >= 0.3 is 5.97 Å². The molecule has 0 radical (unpaired) electrons. The zero-order valence-corrected chi connectivity index (χ0v) is 15.4. The van der Waals surface area contributed by atoms with Crippen LogP contribution in [0.3, 0.4) is 0 Å². The van der Waals surface area contributed by atoms with Crippen molar-refractivity contribution >= 4 is 28.8 Å². The average Bonchev–Trinajstić information content (AvgIpc) is 2.49. The van der Waals surface area contributed by atoms with Gasteiger partial charge in [0.05, 0.1) is 12.6 Å². The Bertz CT molecular complexity index is 622. The second-order valence-corrected chi connectivity index (χ2v) is 7.13. The number of methoxy groups -OCH3 is 1. The van der Waals surface area contributed by atoms with Crippen LogP contribution in [0.1, 0.15) is 52.5 Å². The predicted molar refractivity (Wildman–Crippen MR) is 97.0 cm³/mol. The van der Waals surface area contributed by atoms with E-state index in [0.717, 1.165) is 30.5 Å². The first-order valence-corrected chi connectivity index (χ1v) is 8.56. The first kappa shape index (κ1) is 17.9. The molecular formula is C19H26ClNO2. The Labute approximate surface area is 144 Å². The molecule has 0 bridgehead atoms. The normalized spacial score (nSPS) is 17.3. The quantitative estimate of drug-likeness (QED) is 0.703. The minimum Gasteiger partial charge on any atom is -0.467 e. The summed E-state index contributed by atoms with van der Waals surface area (Å²) in [5.74, 6) is -0.180. The average molecular weight is 336 g/mol. The van der Waals surface area contributed by atoms with E-state index in [9.17, 15) is 4.79 Å². The number of benzene rings is 1. The monoisotopic (exact) mass is 335 g/mol. The second kappa shape index (κ2) is 6.96. The topological polar surface area (TPSA) is 29.5 Å². The largest absolute Gasteiger partial charge is 0.467 e. The summed E-state index contributed by atoms with van der Waals surface area (Å²) in [5, 5.41) is 0.708. The molecule has 23 heavy (non-hydrogen) atoms. The van der Waals surface area contributed by atoms with Crippen molar-refractivity contribution in [1.29, 1.82) is 0 Å². The van der Waals surface area contributed by atoms with Crippen LogP contribution in [-0.4, -0.2) is 24.7 Å². The van der Waals surface area contributed by atoms with E-state index in [0.29, 0.717) is 5.02 Å². The van der Waals surface area contributed by atoms with E-state index in [4.69, 9.17) is 16.3 Å². The molecule has 0 saturated carbocycles. The molecule has 0 unspecified atom stereocenters. The Morgan fingerprint density at radius 2 is 2.09 bits per heavy atom. The van der Waals surface area contributed by atoms with Gasteiger partial charge in [0.2, 0.25) is 0 Å². The number of carbonyl (C=O) groups excluding carboxylic acids is 1. The highest BCUT2D eigenvalue weighted by molar-refractivity contribution is 6.30. The lowest BCUT2D eigenvalue weighted by Gasteiger charge is -2.46. The molecular weight excluding hydrogens is 310 g/mol. The van der Waals surface area contributed by atoms with Crippen LogP contribution in [0.5, 0.6) is 0 Å². The number of rotatable bonds is 5. The van der Waals surface area contributed by atoms with E-state index in [1.165, 1.54) is 12.7 Å². The van der Waals surface area contributed by atoms with Crippen LogP contribution in [-0.2, 0) is 9.53 Å². The zero-order valence-electron chi connectivity index (χ0n) is 14.6. The summed E-state index contributed by atoms with van der Waals surface area (Å²) in [6, 6.07) is 5.58. The summed E-state index contributed by atoms with van der Waals surface area (Å²) in [7, 11) is 1.46. The van der Waals surface area contributed by atoms with Crippen LogP contribution >= 0.6 is 11.6 Å². The lowest BCUT2D eigenvalue weighted by Crippen LogP contribution is -2.54. The van der Waals surface area contributed by atoms with Gasteiger partial charge in [0.25, 0.3) is 0 Å². The minimum absolute atomic E-state index is 0.180. The maximum Gasteiger partial charge on any atom is 0.328 e. The SMILES string of the molecule is CCCC[C@@H](C(=O)OC)N1c2ccc(Cl)cc2C(C)=CC1(C)C. The van der Waals surface area contributed by atoms with Crippen molar-refractivity contribution in [1.82, 2.24) is 0 Å². The summed E-state index contributed by atoms with van der Waals surface area (Å²) in [4.78, 5) is 14.6. The van der Waals surface area contributed by atoms with Gasteiger partial charge in [0.15, 0.2) is 0 Å². The van der Waals surface area contributed by atoms with Gasteiger partial charge in [-0.2, -0.15) is 0 Å². The number of allylic oxidation sites excluding steroid dienone is 1. The van der Waals surface area contributed by atoms with Gasteiger partial charge < -0.3 is 9.64 Å². The van der Waals surface area contributed by atoms with E-state index in [1.54, 1.807) is 0 Å². The van der Waals surface area contributed by atoms with Gasteiger partial charge in [-0.25, -0.2) is 4.79 Å². The number of hydrogen-bond donors (Lipinski definition) is 0. The molecule has 0 N–H and O–H groups in total. The van der Waals surface area contributed by atoms with E-state index < -0.39 is 0 Å². The smallest absolute Gasteiger partial charge is 0.328 e. The summed E-state index contributed by atoms with van der Waals surface area (Å²) in [6.07, 6.45) is 5.01. The molecule has 0 fully saturated rings. The van der Waals surface area contributed by atoms with Gasteiger partial charge in [0, 0.05) is 16.3 Å². The fourth-order valence-electron chi connectivity index (χ4n) is 3.48. The highest BCUT2D eigenvalue weighted by atomic mass is 35.5. The first-order chi connectivity index (χ1) is 10.8. The molecule has 1 atom stereocenters. The standard InChI is InChI=1S/C19H26ClNO2/c1-6-7-8-17(18(22)23-5)21-16-10-9-14(20)11-15(16)13(2)12-19(21,3)4/h9-12,17H,6-8H2,1-5H3/t17-/m0/s1. The number of unbranched alkanes of at least 4 members (excludes halogenated alkanes) is 1. The number of fused-ring (bicyclic) bond motifs is 1. The molecule has 2 rings (SSSR count). The molecule has 4 heteroatoms. The fourth-order valence-corrected chi connectivity index (χ4v) is 3.65. The highest BCUT2D eigenvalue weighted by Gasteiger charge is 2.39. The number of anilines is 1. The molecule has 1 aromatic rings. The van der Waals surface area contributed by atoms with Gasteiger partial charge in [-0.1, -0.05) is 37.4 Å². The predicted octanol–water partition coefficient (Wildman–Crippen LogP) is 5.07. The molecule has 0 saturated heterocycles. The van der Waals surface area contributed by atoms with Crippen LogP contribution in [0, 0.1) is 0 Å². The minimum atomic E-state index is -0.292. The Kier molecular flexibility index (Phi) is 5.41. The van der Waals surface area contributed by atoms with Gasteiger partial charge in [-0.15, -0.1) is 0 Å². The molecule has 0 aromatic heterocycles. The highest BCUT2D eigenvalue weighted by Crippen LogP contribution is 2.42. The van der Waals surface area contributed by atoms with Gasteiger partial charge in [-0.3, -0.25) is 0 Å². The number of hydrogen-bond acceptors (Lipinski definition) is 3. The lowest BCUT2D eigenvalue weighted by atomic mass is 9.86. The van der Waals surface area contributed by atoms with Crippen LogP contribution in [0.25, 0.3) is 5.57 Å². The third-order valence-corrected chi connectivity index (χ3v) is 4.68. The molecule has 1 aliphatic rings. The summed E-state index contributed by atoms with van der Waals surface area (Å²) < 4.78 is 5.09. The number of esters is 1. The van der Waals surface area contributed by atoms with Crippen LogP contribution in [0.15, 0.2) is 24.3 Å². The fraction of sp³-hybridized carbons (Fsp3) is 0.526. The first-order valence-electron chi connectivity index (χ1n) is 8.18. The maximum absolute atomic E-state index is 12.5. The maximum atomic E-state index is 12.5. The van der Waals surface area contributed by atoms with Gasteiger partial charge in [-0.05, 0) is 51.0 Å². The summed E-state index contributed by atoms with van der Waals surface area (Å²) in [5.41, 5.74) is 3.05. The van der Waals surface area contributed by atoms with Crippen molar-refractivity contribution < 1.29 is 9.53 Å². The van der Waals surface area contributed by atoms with Crippen molar-refractivity contribution in [3.63, 3.8) is 0 Å². The lowest BCUT2D eigenvalue weighted by molar-refractivity contribution is -0.142. The molecule has 1 aromatic carbocycles. The molecule has 126 valence electrons. The van der Waals surface area contributed by atoms with Crippen molar-refractivity contribution in [2.45, 2.75) is 58.5 Å². The number of nitrogens with zero attached hydrogens (tertiary/aromatic N) is 1. The third-order valence-electron chi connectivity index (χ3n) is 4.45. The van der Waals surface area contributed by atoms with Crippen molar-refractivity contribution in [2.75, 3.05) is 12.0 Å².